The van der Waals surface area contributed by atoms with Crippen molar-refractivity contribution >= 4 is 34.5 Å². The van der Waals surface area contributed by atoms with Crippen molar-refractivity contribution in [3.05, 3.63) is 58.5 Å². The highest BCUT2D eigenvalue weighted by atomic mass is 35.5. The summed E-state index contributed by atoms with van der Waals surface area (Å²) in [5.74, 6) is 0.313. The summed E-state index contributed by atoms with van der Waals surface area (Å²) in [7, 11) is 0. The fourth-order valence-electron chi connectivity index (χ4n) is 3.10. The van der Waals surface area contributed by atoms with Crippen molar-refractivity contribution in [3.63, 3.8) is 0 Å². The van der Waals surface area contributed by atoms with E-state index in [2.05, 4.69) is 35.3 Å². The Morgan fingerprint density at radius 2 is 2.15 bits per heavy atom. The molecule has 0 saturated heterocycles. The van der Waals surface area contributed by atoms with Crippen LogP contribution in [0.5, 0.6) is 0 Å². The van der Waals surface area contributed by atoms with Crippen LogP contribution in [0.2, 0.25) is 5.15 Å². The van der Waals surface area contributed by atoms with Crippen LogP contribution in [0, 0.1) is 12.8 Å². The molecule has 3 aromatic rings. The van der Waals surface area contributed by atoms with E-state index < -0.39 is 0 Å². The van der Waals surface area contributed by atoms with Gasteiger partial charge in [0.25, 0.3) is 0 Å². The quantitative estimate of drug-likeness (QED) is 0.594. The van der Waals surface area contributed by atoms with Crippen LogP contribution in [-0.4, -0.2) is 27.2 Å². The van der Waals surface area contributed by atoms with Gasteiger partial charge in [-0.15, -0.1) is 0 Å². The normalized spacial score (nSPS) is 11.7. The highest BCUT2D eigenvalue weighted by Gasteiger charge is 2.12. The van der Waals surface area contributed by atoms with Gasteiger partial charge in [0, 0.05) is 41.8 Å². The molecule has 5 nitrogen and oxygen atoms in total. The number of H-pyrrole nitrogens is 1. The molecule has 0 radical (unpaired) electrons. The minimum Gasteiger partial charge on any atom is -0.361 e. The lowest BCUT2D eigenvalue weighted by Crippen LogP contribution is -2.23. The van der Waals surface area contributed by atoms with Gasteiger partial charge in [0.2, 0.25) is 5.91 Å². The first-order valence-corrected chi connectivity index (χ1v) is 9.57. The van der Waals surface area contributed by atoms with Gasteiger partial charge in [-0.25, -0.2) is 0 Å². The fourth-order valence-corrected chi connectivity index (χ4v) is 3.41. The molecule has 0 atom stereocenters. The largest absolute Gasteiger partial charge is 0.361 e. The SMILES string of the molecule is Cc1nn(CC(C)C)c(Cl)c1/C=C/C(=O)NCCc1c[nH]c2ccccc12. The van der Waals surface area contributed by atoms with Crippen LogP contribution in [-0.2, 0) is 17.8 Å². The summed E-state index contributed by atoms with van der Waals surface area (Å²) >= 11 is 6.40. The van der Waals surface area contributed by atoms with Crippen LogP contribution < -0.4 is 5.32 Å². The Balaban J connectivity index is 1.57. The average molecular weight is 385 g/mol. The smallest absolute Gasteiger partial charge is 0.244 e. The molecule has 3 rings (SSSR count). The lowest BCUT2D eigenvalue weighted by atomic mass is 10.1. The topological polar surface area (TPSA) is 62.7 Å². The highest BCUT2D eigenvalue weighted by molar-refractivity contribution is 6.31. The number of amides is 1. The third-order valence-corrected chi connectivity index (χ3v) is 4.82. The lowest BCUT2D eigenvalue weighted by Gasteiger charge is -2.05. The van der Waals surface area contributed by atoms with Gasteiger partial charge in [0.15, 0.2) is 0 Å². The summed E-state index contributed by atoms with van der Waals surface area (Å²) in [6.07, 6.45) is 6.03. The monoisotopic (exact) mass is 384 g/mol. The maximum absolute atomic E-state index is 12.1. The Bertz CT molecular complexity index is 968. The number of hydrogen-bond acceptors (Lipinski definition) is 2. The fraction of sp³-hybridized carbons (Fsp3) is 0.333. The number of aromatic amines is 1. The standard InChI is InChI=1S/C21H25ClN4O/c1-14(2)13-26-21(22)17(15(3)25-26)8-9-20(27)23-11-10-16-12-24-19-7-5-4-6-18(16)19/h4-9,12,14,24H,10-11,13H2,1-3H3,(H,23,27)/b9-8+. The second kappa shape index (κ2) is 8.44. The number of rotatable bonds is 7. The van der Waals surface area contributed by atoms with Gasteiger partial charge in [-0.05, 0) is 37.0 Å². The van der Waals surface area contributed by atoms with Crippen LogP contribution in [0.15, 0.2) is 36.5 Å². The van der Waals surface area contributed by atoms with E-state index in [-0.39, 0.29) is 5.91 Å². The third kappa shape index (κ3) is 4.61. The molecule has 0 aliphatic carbocycles. The number of carbonyl (C=O) groups is 1. The molecule has 0 saturated carbocycles. The number of para-hydroxylation sites is 1. The van der Waals surface area contributed by atoms with E-state index in [1.54, 1.807) is 10.8 Å². The van der Waals surface area contributed by atoms with Gasteiger partial charge < -0.3 is 10.3 Å². The molecule has 0 fully saturated rings. The number of benzene rings is 1. The molecule has 0 aliphatic heterocycles. The maximum Gasteiger partial charge on any atom is 0.244 e. The minimum atomic E-state index is -0.137. The summed E-state index contributed by atoms with van der Waals surface area (Å²) in [6, 6.07) is 8.16. The van der Waals surface area contributed by atoms with E-state index in [1.807, 2.05) is 31.3 Å². The lowest BCUT2D eigenvalue weighted by molar-refractivity contribution is -0.116. The zero-order chi connectivity index (χ0) is 19.4. The van der Waals surface area contributed by atoms with Gasteiger partial charge in [0.1, 0.15) is 5.15 Å². The van der Waals surface area contributed by atoms with Gasteiger partial charge >= 0.3 is 0 Å². The number of carbonyl (C=O) groups excluding carboxylic acids is 1. The predicted octanol–water partition coefficient (Wildman–Crippen LogP) is 4.35. The number of nitrogens with one attached hydrogen (secondary N) is 2. The van der Waals surface area contributed by atoms with Crippen molar-refractivity contribution in [2.75, 3.05) is 6.54 Å². The molecule has 2 aromatic heterocycles. The maximum atomic E-state index is 12.1. The molecule has 0 spiro atoms. The average Bonchev–Trinajstić information content (AvgIpc) is 3.15. The molecule has 27 heavy (non-hydrogen) atoms. The zero-order valence-corrected chi connectivity index (χ0v) is 16.7. The van der Waals surface area contributed by atoms with Crippen LogP contribution in [0.25, 0.3) is 17.0 Å². The van der Waals surface area contributed by atoms with Crippen LogP contribution in [0.3, 0.4) is 0 Å². The molecule has 1 aromatic carbocycles. The molecular formula is C21H25ClN4O. The zero-order valence-electron chi connectivity index (χ0n) is 15.9. The molecule has 2 heterocycles. The minimum absolute atomic E-state index is 0.137. The second-order valence-corrected chi connectivity index (χ2v) is 7.46. The molecule has 0 unspecified atom stereocenters. The van der Waals surface area contributed by atoms with Crippen molar-refractivity contribution in [3.8, 4) is 0 Å². The summed E-state index contributed by atoms with van der Waals surface area (Å²) in [5, 5.41) is 9.15. The van der Waals surface area contributed by atoms with Crippen molar-refractivity contribution in [2.24, 2.45) is 5.92 Å². The predicted molar refractivity (Wildman–Crippen MR) is 111 cm³/mol. The van der Waals surface area contributed by atoms with Gasteiger partial charge in [-0.2, -0.15) is 5.10 Å². The van der Waals surface area contributed by atoms with E-state index in [0.717, 1.165) is 29.7 Å². The summed E-state index contributed by atoms with van der Waals surface area (Å²) < 4.78 is 1.79. The first-order valence-electron chi connectivity index (χ1n) is 9.19. The van der Waals surface area contributed by atoms with Crippen molar-refractivity contribution in [2.45, 2.75) is 33.7 Å². The van der Waals surface area contributed by atoms with Crippen molar-refractivity contribution in [1.29, 1.82) is 0 Å². The Hall–Kier alpha value is -2.53. The van der Waals surface area contributed by atoms with E-state index in [9.17, 15) is 4.79 Å². The van der Waals surface area contributed by atoms with Crippen LogP contribution in [0.4, 0.5) is 0 Å². The van der Waals surface area contributed by atoms with Crippen LogP contribution >= 0.6 is 11.6 Å². The summed E-state index contributed by atoms with van der Waals surface area (Å²) in [5.41, 5.74) is 3.93. The molecular weight excluding hydrogens is 360 g/mol. The number of aryl methyl sites for hydroxylation is 1. The molecule has 2 N–H and O–H groups in total. The highest BCUT2D eigenvalue weighted by Crippen LogP contribution is 2.22. The Labute approximate surface area is 164 Å². The molecule has 1 amide bonds. The summed E-state index contributed by atoms with van der Waals surface area (Å²) in [6.45, 7) is 7.46. The van der Waals surface area contributed by atoms with E-state index >= 15 is 0 Å². The number of halogens is 1. The van der Waals surface area contributed by atoms with E-state index in [0.29, 0.717) is 17.6 Å². The first kappa shape index (κ1) is 19.2. The van der Waals surface area contributed by atoms with Crippen molar-refractivity contribution < 1.29 is 4.79 Å². The Morgan fingerprint density at radius 1 is 1.37 bits per heavy atom. The van der Waals surface area contributed by atoms with Crippen molar-refractivity contribution in [1.82, 2.24) is 20.1 Å². The molecule has 0 bridgehead atoms. The number of fused-ring (bicyclic) bond motifs is 1. The molecule has 142 valence electrons. The Morgan fingerprint density at radius 3 is 2.93 bits per heavy atom. The second-order valence-electron chi connectivity index (χ2n) is 7.10. The van der Waals surface area contributed by atoms with E-state index in [1.165, 1.54) is 17.0 Å². The molecule has 6 heteroatoms. The van der Waals surface area contributed by atoms with Gasteiger partial charge in [-0.1, -0.05) is 43.6 Å². The third-order valence-electron chi connectivity index (χ3n) is 4.42. The number of nitrogens with zero attached hydrogens (tertiary/aromatic N) is 2. The van der Waals surface area contributed by atoms with Gasteiger partial charge in [0.05, 0.1) is 5.69 Å². The molecule has 0 aliphatic rings. The Kier molecular flexibility index (Phi) is 6.01. The first-order chi connectivity index (χ1) is 13.0. The summed E-state index contributed by atoms with van der Waals surface area (Å²) in [4.78, 5) is 15.4. The van der Waals surface area contributed by atoms with Gasteiger partial charge in [-0.3, -0.25) is 9.48 Å². The number of hydrogen-bond donors (Lipinski definition) is 2. The number of aromatic nitrogens is 3. The van der Waals surface area contributed by atoms with E-state index in [4.69, 9.17) is 11.6 Å². The van der Waals surface area contributed by atoms with Crippen LogP contribution in [0.1, 0.15) is 30.7 Å².